The van der Waals surface area contributed by atoms with Crippen LogP contribution in [-0.2, 0) is 9.59 Å². The highest BCUT2D eigenvalue weighted by Gasteiger charge is 2.36. The molecule has 0 unspecified atom stereocenters. The SMILES string of the molecule is COc1cc([N+](=O)[O-])ccc1N1C[C@@H](C(=O)Nc2ccc(C(=O)O)cc2)CC1=O. The molecule has 0 aromatic heterocycles. The second-order valence-corrected chi connectivity index (χ2v) is 6.39. The lowest BCUT2D eigenvalue weighted by Crippen LogP contribution is -2.28. The fraction of sp³-hybridized carbons (Fsp3) is 0.211. The summed E-state index contributed by atoms with van der Waals surface area (Å²) < 4.78 is 5.17. The number of nitrogens with one attached hydrogen (secondary N) is 1. The molecule has 0 spiro atoms. The summed E-state index contributed by atoms with van der Waals surface area (Å²) in [6.07, 6.45) is -0.0286. The maximum Gasteiger partial charge on any atom is 0.335 e. The van der Waals surface area contributed by atoms with Crippen LogP contribution < -0.4 is 15.0 Å². The van der Waals surface area contributed by atoms with Crippen LogP contribution in [-0.4, -0.2) is 41.5 Å². The van der Waals surface area contributed by atoms with Crippen LogP contribution >= 0.6 is 0 Å². The largest absolute Gasteiger partial charge is 0.494 e. The van der Waals surface area contributed by atoms with Gasteiger partial charge >= 0.3 is 5.97 Å². The van der Waals surface area contributed by atoms with Gasteiger partial charge in [-0.25, -0.2) is 4.79 Å². The first-order valence-electron chi connectivity index (χ1n) is 8.57. The molecule has 10 heteroatoms. The van der Waals surface area contributed by atoms with E-state index in [0.717, 1.165) is 0 Å². The summed E-state index contributed by atoms with van der Waals surface area (Å²) in [6, 6.07) is 9.57. The van der Waals surface area contributed by atoms with E-state index in [2.05, 4.69) is 5.32 Å². The highest BCUT2D eigenvalue weighted by Crippen LogP contribution is 2.36. The number of anilines is 2. The molecule has 2 N–H and O–H groups in total. The number of carbonyl (C=O) groups is 3. The third-order valence-electron chi connectivity index (χ3n) is 4.56. The Morgan fingerprint density at radius 1 is 1.24 bits per heavy atom. The number of carbonyl (C=O) groups excluding carboxylic acids is 2. The van der Waals surface area contributed by atoms with Gasteiger partial charge in [-0.15, -0.1) is 0 Å². The topological polar surface area (TPSA) is 139 Å². The second-order valence-electron chi connectivity index (χ2n) is 6.39. The first-order chi connectivity index (χ1) is 13.8. The highest BCUT2D eigenvalue weighted by atomic mass is 16.6. The molecular formula is C19H17N3O7. The van der Waals surface area contributed by atoms with Crippen molar-refractivity contribution in [2.45, 2.75) is 6.42 Å². The number of nitro groups is 1. The maximum absolute atomic E-state index is 12.5. The van der Waals surface area contributed by atoms with Crippen molar-refractivity contribution in [2.24, 2.45) is 5.92 Å². The number of nitrogens with zero attached hydrogens (tertiary/aromatic N) is 2. The van der Waals surface area contributed by atoms with Crippen molar-refractivity contribution in [1.82, 2.24) is 0 Å². The van der Waals surface area contributed by atoms with Gasteiger partial charge in [0.2, 0.25) is 11.8 Å². The monoisotopic (exact) mass is 399 g/mol. The number of ether oxygens (including phenoxy) is 1. The number of carboxylic acid groups (broad SMARTS) is 1. The summed E-state index contributed by atoms with van der Waals surface area (Å²) in [5.74, 6) is -2.24. The van der Waals surface area contributed by atoms with Crippen molar-refractivity contribution in [3.63, 3.8) is 0 Å². The molecule has 2 aromatic carbocycles. The van der Waals surface area contributed by atoms with Gasteiger partial charge < -0.3 is 20.1 Å². The first-order valence-corrected chi connectivity index (χ1v) is 8.57. The van der Waals surface area contributed by atoms with Crippen LogP contribution in [0.5, 0.6) is 5.75 Å². The minimum absolute atomic E-state index is 0.0286. The number of rotatable bonds is 6. The number of non-ortho nitro benzene ring substituents is 1. The quantitative estimate of drug-likeness (QED) is 0.561. The van der Waals surface area contributed by atoms with Crippen LogP contribution in [0.1, 0.15) is 16.8 Å². The molecule has 0 saturated carbocycles. The van der Waals surface area contributed by atoms with Gasteiger partial charge in [-0.05, 0) is 30.3 Å². The number of nitro benzene ring substituents is 1. The van der Waals surface area contributed by atoms with Gasteiger partial charge in [-0.3, -0.25) is 19.7 Å². The van der Waals surface area contributed by atoms with E-state index >= 15 is 0 Å². The molecule has 1 heterocycles. The van der Waals surface area contributed by atoms with Crippen molar-refractivity contribution >= 4 is 34.8 Å². The molecule has 0 aliphatic carbocycles. The van der Waals surface area contributed by atoms with E-state index in [1.807, 2.05) is 0 Å². The summed E-state index contributed by atoms with van der Waals surface area (Å²) in [5, 5.41) is 22.5. The van der Waals surface area contributed by atoms with Crippen LogP contribution in [0.25, 0.3) is 0 Å². The van der Waals surface area contributed by atoms with E-state index in [0.29, 0.717) is 11.4 Å². The Hall–Kier alpha value is -3.95. The van der Waals surface area contributed by atoms with Crippen molar-refractivity contribution in [2.75, 3.05) is 23.9 Å². The fourth-order valence-electron chi connectivity index (χ4n) is 3.06. The van der Waals surface area contributed by atoms with E-state index in [1.54, 1.807) is 0 Å². The lowest BCUT2D eigenvalue weighted by molar-refractivity contribution is -0.384. The van der Waals surface area contributed by atoms with Crippen molar-refractivity contribution in [1.29, 1.82) is 0 Å². The Morgan fingerprint density at radius 2 is 1.93 bits per heavy atom. The summed E-state index contributed by atoms with van der Waals surface area (Å²) in [7, 11) is 1.34. The Labute approximate surface area is 164 Å². The summed E-state index contributed by atoms with van der Waals surface area (Å²) in [5.41, 5.74) is 0.690. The maximum atomic E-state index is 12.5. The van der Waals surface area contributed by atoms with Gasteiger partial charge in [0.05, 0.1) is 35.3 Å². The normalized spacial score (nSPS) is 15.8. The number of amides is 2. The van der Waals surface area contributed by atoms with Gasteiger partial charge in [0.1, 0.15) is 5.75 Å². The Morgan fingerprint density at radius 3 is 2.52 bits per heavy atom. The molecule has 0 radical (unpaired) electrons. The summed E-state index contributed by atoms with van der Waals surface area (Å²) >= 11 is 0. The molecule has 0 bridgehead atoms. The molecule has 150 valence electrons. The Kier molecular flexibility index (Phi) is 5.44. The number of aromatic carboxylic acids is 1. The van der Waals surface area contributed by atoms with E-state index in [4.69, 9.17) is 9.84 Å². The molecule has 1 atom stereocenters. The van der Waals surface area contributed by atoms with Crippen molar-refractivity contribution in [3.8, 4) is 5.75 Å². The minimum atomic E-state index is -1.07. The van der Waals surface area contributed by atoms with Crippen LogP contribution in [0.3, 0.4) is 0 Å². The molecule has 1 aliphatic rings. The van der Waals surface area contributed by atoms with Gasteiger partial charge in [0.25, 0.3) is 5.69 Å². The van der Waals surface area contributed by atoms with Gasteiger partial charge in [0, 0.05) is 24.7 Å². The van der Waals surface area contributed by atoms with E-state index in [1.165, 1.54) is 54.5 Å². The van der Waals surface area contributed by atoms with Gasteiger partial charge in [0.15, 0.2) is 0 Å². The zero-order valence-corrected chi connectivity index (χ0v) is 15.3. The minimum Gasteiger partial charge on any atom is -0.494 e. The Balaban J connectivity index is 1.73. The molecule has 29 heavy (non-hydrogen) atoms. The number of methoxy groups -OCH3 is 1. The average molecular weight is 399 g/mol. The van der Waals surface area contributed by atoms with E-state index in [9.17, 15) is 24.5 Å². The predicted molar refractivity (Wildman–Crippen MR) is 102 cm³/mol. The van der Waals surface area contributed by atoms with Gasteiger partial charge in [-0.2, -0.15) is 0 Å². The summed E-state index contributed by atoms with van der Waals surface area (Å²) in [4.78, 5) is 47.6. The molecule has 2 aromatic rings. The highest BCUT2D eigenvalue weighted by molar-refractivity contribution is 6.04. The Bertz CT molecular complexity index is 988. The molecule has 1 fully saturated rings. The third-order valence-corrected chi connectivity index (χ3v) is 4.56. The zero-order chi connectivity index (χ0) is 21.1. The lowest BCUT2D eigenvalue weighted by Gasteiger charge is -2.19. The van der Waals surface area contributed by atoms with E-state index in [-0.39, 0.29) is 41.8 Å². The van der Waals surface area contributed by atoms with Crippen LogP contribution in [0.2, 0.25) is 0 Å². The molecule has 2 amide bonds. The van der Waals surface area contributed by atoms with Crippen LogP contribution in [0, 0.1) is 16.0 Å². The summed E-state index contributed by atoms with van der Waals surface area (Å²) in [6.45, 7) is 0.0893. The first kappa shape index (κ1) is 19.8. The van der Waals surface area contributed by atoms with Gasteiger partial charge in [-0.1, -0.05) is 0 Å². The standard InChI is InChI=1S/C19H17N3O7/c1-29-16-9-14(22(27)28)6-7-15(16)21-10-12(8-17(21)23)18(24)20-13-4-2-11(3-5-13)19(25)26/h2-7,9,12H,8,10H2,1H3,(H,20,24)(H,25,26)/t12-/m0/s1. The van der Waals surface area contributed by atoms with Crippen LogP contribution in [0.4, 0.5) is 17.1 Å². The smallest absolute Gasteiger partial charge is 0.335 e. The lowest BCUT2D eigenvalue weighted by atomic mass is 10.1. The molecular weight excluding hydrogens is 382 g/mol. The van der Waals surface area contributed by atoms with Crippen molar-refractivity contribution < 1.29 is 29.2 Å². The molecule has 3 rings (SSSR count). The molecule has 10 nitrogen and oxygen atoms in total. The third kappa shape index (κ3) is 4.15. The zero-order valence-electron chi connectivity index (χ0n) is 15.3. The molecule has 1 saturated heterocycles. The fourth-order valence-corrected chi connectivity index (χ4v) is 3.06. The second kappa shape index (κ2) is 7.97. The van der Waals surface area contributed by atoms with Crippen molar-refractivity contribution in [3.05, 3.63) is 58.1 Å². The number of hydrogen-bond acceptors (Lipinski definition) is 6. The van der Waals surface area contributed by atoms with Crippen LogP contribution in [0.15, 0.2) is 42.5 Å². The number of carboxylic acids is 1. The average Bonchev–Trinajstić information content (AvgIpc) is 3.09. The van der Waals surface area contributed by atoms with E-state index < -0.39 is 16.8 Å². The number of benzene rings is 2. The predicted octanol–water partition coefficient (Wildman–Crippen LogP) is 2.29. The number of hydrogen-bond donors (Lipinski definition) is 2. The molecule has 1 aliphatic heterocycles.